The Labute approximate surface area is 121 Å². The van der Waals surface area contributed by atoms with E-state index in [0.717, 1.165) is 6.42 Å². The molecule has 0 heterocycles. The highest BCUT2D eigenvalue weighted by Crippen LogP contribution is 2.13. The number of amides is 1. The molecule has 3 N–H and O–H groups in total. The lowest BCUT2D eigenvalue weighted by molar-refractivity contribution is 0.0520. The largest absolute Gasteiger partial charge is 0.444 e. The van der Waals surface area contributed by atoms with Crippen LogP contribution in [0.3, 0.4) is 0 Å². The third kappa shape index (κ3) is 6.06. The van der Waals surface area contributed by atoms with Crippen molar-refractivity contribution in [3.05, 3.63) is 35.4 Å². The van der Waals surface area contributed by atoms with Gasteiger partial charge >= 0.3 is 6.09 Å². The highest BCUT2D eigenvalue weighted by molar-refractivity contribution is 5.67. The minimum Gasteiger partial charge on any atom is -0.444 e. The number of carbonyl (C=O) groups excluding carboxylic acids is 1. The number of benzene rings is 1. The molecule has 0 bridgehead atoms. The summed E-state index contributed by atoms with van der Waals surface area (Å²) in [4.78, 5) is 11.6. The van der Waals surface area contributed by atoms with Gasteiger partial charge in [-0.15, -0.1) is 0 Å². The number of carbonyl (C=O) groups is 1. The van der Waals surface area contributed by atoms with E-state index < -0.39 is 5.60 Å². The molecule has 20 heavy (non-hydrogen) atoms. The summed E-state index contributed by atoms with van der Waals surface area (Å²) in [6, 6.07) is 8.24. The predicted molar refractivity (Wildman–Crippen MR) is 81.7 cm³/mol. The predicted octanol–water partition coefficient (Wildman–Crippen LogP) is 2.64. The maximum absolute atomic E-state index is 11.6. The highest BCUT2D eigenvalue weighted by atomic mass is 16.6. The van der Waals surface area contributed by atoms with Gasteiger partial charge in [0.1, 0.15) is 5.60 Å². The van der Waals surface area contributed by atoms with Crippen LogP contribution in [-0.4, -0.2) is 24.8 Å². The van der Waals surface area contributed by atoms with E-state index in [1.807, 2.05) is 32.9 Å². The van der Waals surface area contributed by atoms with Crippen LogP contribution >= 0.6 is 0 Å². The Bertz CT molecular complexity index is 438. The SMILES string of the molecule is Cc1ccccc1C[C@@H](CN)CNC(=O)OC(C)(C)C. The summed E-state index contributed by atoms with van der Waals surface area (Å²) in [7, 11) is 0. The van der Waals surface area contributed by atoms with Crippen LogP contribution in [-0.2, 0) is 11.2 Å². The number of hydrogen-bond acceptors (Lipinski definition) is 3. The van der Waals surface area contributed by atoms with Crippen molar-refractivity contribution in [3.8, 4) is 0 Å². The molecule has 0 fully saturated rings. The van der Waals surface area contributed by atoms with Crippen LogP contribution in [0.25, 0.3) is 0 Å². The van der Waals surface area contributed by atoms with E-state index in [2.05, 4.69) is 24.4 Å². The van der Waals surface area contributed by atoms with E-state index in [-0.39, 0.29) is 12.0 Å². The first kappa shape index (κ1) is 16.5. The fourth-order valence-electron chi connectivity index (χ4n) is 1.93. The first-order valence-corrected chi connectivity index (χ1v) is 7.03. The van der Waals surface area contributed by atoms with Gasteiger partial charge in [0.05, 0.1) is 0 Å². The van der Waals surface area contributed by atoms with Crippen LogP contribution in [0.15, 0.2) is 24.3 Å². The Kier molecular flexibility index (Phi) is 6.02. The van der Waals surface area contributed by atoms with Gasteiger partial charge in [0.2, 0.25) is 0 Å². The first-order chi connectivity index (χ1) is 9.31. The number of rotatable bonds is 5. The van der Waals surface area contributed by atoms with Gasteiger partial charge in [-0.1, -0.05) is 24.3 Å². The van der Waals surface area contributed by atoms with Crippen LogP contribution in [0.1, 0.15) is 31.9 Å². The van der Waals surface area contributed by atoms with Crippen molar-refractivity contribution >= 4 is 6.09 Å². The van der Waals surface area contributed by atoms with Crippen molar-refractivity contribution in [2.75, 3.05) is 13.1 Å². The molecule has 1 atom stereocenters. The summed E-state index contributed by atoms with van der Waals surface area (Å²) in [6.07, 6.45) is 0.472. The van der Waals surface area contributed by atoms with Crippen LogP contribution in [0.2, 0.25) is 0 Å². The Morgan fingerprint density at radius 3 is 2.55 bits per heavy atom. The van der Waals surface area contributed by atoms with Crippen LogP contribution < -0.4 is 11.1 Å². The molecule has 0 saturated heterocycles. The lowest BCUT2D eigenvalue weighted by Gasteiger charge is -2.21. The second kappa shape index (κ2) is 7.29. The molecule has 112 valence electrons. The minimum absolute atomic E-state index is 0.212. The van der Waals surface area contributed by atoms with E-state index in [1.165, 1.54) is 11.1 Å². The average Bonchev–Trinajstić information content (AvgIpc) is 2.34. The molecule has 1 aromatic rings. The highest BCUT2D eigenvalue weighted by Gasteiger charge is 2.17. The van der Waals surface area contributed by atoms with Crippen molar-refractivity contribution in [2.24, 2.45) is 11.7 Å². The van der Waals surface area contributed by atoms with Crippen molar-refractivity contribution in [2.45, 2.75) is 39.7 Å². The zero-order valence-corrected chi connectivity index (χ0v) is 12.9. The van der Waals surface area contributed by atoms with Crippen molar-refractivity contribution in [1.82, 2.24) is 5.32 Å². The van der Waals surface area contributed by atoms with Crippen molar-refractivity contribution in [1.29, 1.82) is 0 Å². The fourth-order valence-corrected chi connectivity index (χ4v) is 1.93. The quantitative estimate of drug-likeness (QED) is 0.870. The Hall–Kier alpha value is -1.55. The maximum atomic E-state index is 11.6. The average molecular weight is 278 g/mol. The molecule has 0 unspecified atom stereocenters. The molecule has 1 amide bonds. The molecular formula is C16H26N2O2. The number of hydrogen-bond donors (Lipinski definition) is 2. The lowest BCUT2D eigenvalue weighted by atomic mass is 9.96. The van der Waals surface area contributed by atoms with Crippen LogP contribution in [0.5, 0.6) is 0 Å². The van der Waals surface area contributed by atoms with Crippen molar-refractivity contribution in [3.63, 3.8) is 0 Å². The molecule has 0 aliphatic heterocycles. The summed E-state index contributed by atoms with van der Waals surface area (Å²) in [5, 5.41) is 2.79. The summed E-state index contributed by atoms with van der Waals surface area (Å²) < 4.78 is 5.22. The molecule has 1 rings (SSSR count). The maximum Gasteiger partial charge on any atom is 0.407 e. The number of nitrogens with two attached hydrogens (primary N) is 1. The zero-order valence-electron chi connectivity index (χ0n) is 12.9. The van der Waals surface area contributed by atoms with E-state index in [9.17, 15) is 4.79 Å². The molecule has 0 spiro atoms. The van der Waals surface area contributed by atoms with Gasteiger partial charge in [-0.2, -0.15) is 0 Å². The van der Waals surface area contributed by atoms with E-state index >= 15 is 0 Å². The van der Waals surface area contributed by atoms with E-state index in [0.29, 0.717) is 13.1 Å². The third-order valence-electron chi connectivity index (χ3n) is 3.04. The van der Waals surface area contributed by atoms with Gasteiger partial charge in [0, 0.05) is 6.54 Å². The van der Waals surface area contributed by atoms with Crippen LogP contribution in [0.4, 0.5) is 4.79 Å². The summed E-state index contributed by atoms with van der Waals surface area (Å²) >= 11 is 0. The smallest absolute Gasteiger partial charge is 0.407 e. The van der Waals surface area contributed by atoms with Gasteiger partial charge in [-0.05, 0) is 57.7 Å². The van der Waals surface area contributed by atoms with Gasteiger partial charge in [-0.3, -0.25) is 0 Å². The molecule has 0 aromatic heterocycles. The molecule has 1 aromatic carbocycles. The number of alkyl carbamates (subject to hydrolysis) is 1. The van der Waals surface area contributed by atoms with Crippen LogP contribution in [0, 0.1) is 12.8 Å². The molecule has 0 saturated carbocycles. The molecule has 0 aliphatic rings. The fraction of sp³-hybridized carbons (Fsp3) is 0.562. The second-order valence-electron chi connectivity index (χ2n) is 6.12. The third-order valence-corrected chi connectivity index (χ3v) is 3.04. The minimum atomic E-state index is -0.474. The number of ether oxygens (including phenoxy) is 1. The molecular weight excluding hydrogens is 252 g/mol. The molecule has 0 radical (unpaired) electrons. The Morgan fingerprint density at radius 1 is 1.35 bits per heavy atom. The summed E-state index contributed by atoms with van der Waals surface area (Å²) in [6.45, 7) is 8.69. The lowest BCUT2D eigenvalue weighted by Crippen LogP contribution is -2.37. The standard InChI is InChI=1S/C16H26N2O2/c1-12-7-5-6-8-14(12)9-13(10-17)11-18-15(19)20-16(2,3)4/h5-8,13H,9-11,17H2,1-4H3,(H,18,19)/t13-/m0/s1. The number of aryl methyl sites for hydroxylation is 1. The first-order valence-electron chi connectivity index (χ1n) is 7.03. The summed E-state index contributed by atoms with van der Waals surface area (Å²) in [5.74, 6) is 0.212. The monoisotopic (exact) mass is 278 g/mol. The molecule has 4 nitrogen and oxygen atoms in total. The van der Waals surface area contributed by atoms with Gasteiger partial charge < -0.3 is 15.8 Å². The normalized spacial score (nSPS) is 12.8. The Balaban J connectivity index is 2.48. The van der Waals surface area contributed by atoms with Gasteiger partial charge in [-0.25, -0.2) is 4.79 Å². The summed E-state index contributed by atoms with van der Waals surface area (Å²) in [5.41, 5.74) is 7.84. The van der Waals surface area contributed by atoms with E-state index in [1.54, 1.807) is 0 Å². The van der Waals surface area contributed by atoms with Gasteiger partial charge in [0.25, 0.3) is 0 Å². The number of nitrogens with one attached hydrogen (secondary N) is 1. The second-order valence-corrected chi connectivity index (χ2v) is 6.12. The topological polar surface area (TPSA) is 64.3 Å². The Morgan fingerprint density at radius 2 is 2.00 bits per heavy atom. The molecule has 0 aliphatic carbocycles. The molecule has 4 heteroatoms. The van der Waals surface area contributed by atoms with Crippen molar-refractivity contribution < 1.29 is 9.53 Å². The zero-order chi connectivity index (χ0) is 15.2. The van der Waals surface area contributed by atoms with E-state index in [4.69, 9.17) is 10.5 Å². The van der Waals surface area contributed by atoms with Gasteiger partial charge in [0.15, 0.2) is 0 Å².